The molecule has 0 radical (unpaired) electrons. The van der Waals surface area contributed by atoms with Crippen molar-refractivity contribution >= 4 is 17.3 Å². The van der Waals surface area contributed by atoms with E-state index in [0.717, 1.165) is 13.0 Å². The van der Waals surface area contributed by atoms with Gasteiger partial charge in [-0.2, -0.15) is 0 Å². The lowest BCUT2D eigenvalue weighted by Crippen LogP contribution is -2.42. The lowest BCUT2D eigenvalue weighted by atomic mass is 10.0. The first-order valence-electron chi connectivity index (χ1n) is 6.89. The van der Waals surface area contributed by atoms with Gasteiger partial charge in [-0.25, -0.2) is 0 Å². The Morgan fingerprint density at radius 1 is 1.20 bits per heavy atom. The number of benzene rings is 1. The minimum absolute atomic E-state index is 0.111. The molecule has 0 fully saturated rings. The fourth-order valence-electron chi connectivity index (χ4n) is 2.27. The standard InChI is InChI=1S/C15H26N4O/c1-10(2)5-14(9-19(3)4)18-15(20)11-6-12(16)8-13(17)7-11/h6-8,10,14H,5,9,16-17H2,1-4H3,(H,18,20). The van der Waals surface area contributed by atoms with Gasteiger partial charge in [0.2, 0.25) is 0 Å². The molecule has 112 valence electrons. The summed E-state index contributed by atoms with van der Waals surface area (Å²) in [6.45, 7) is 5.10. The Kier molecular flexibility index (Phi) is 5.82. The lowest BCUT2D eigenvalue weighted by molar-refractivity contribution is 0.0924. The number of nitrogens with one attached hydrogen (secondary N) is 1. The summed E-state index contributed by atoms with van der Waals surface area (Å²) in [4.78, 5) is 14.4. The Labute approximate surface area is 121 Å². The largest absolute Gasteiger partial charge is 0.399 e. The smallest absolute Gasteiger partial charge is 0.251 e. The second-order valence-corrected chi connectivity index (χ2v) is 5.95. The van der Waals surface area contributed by atoms with Crippen molar-refractivity contribution in [1.82, 2.24) is 10.2 Å². The molecule has 0 aliphatic rings. The Morgan fingerprint density at radius 3 is 2.20 bits per heavy atom. The summed E-state index contributed by atoms with van der Waals surface area (Å²) in [5.41, 5.74) is 13.0. The van der Waals surface area contributed by atoms with Gasteiger partial charge >= 0.3 is 0 Å². The van der Waals surface area contributed by atoms with Gasteiger partial charge in [0.05, 0.1) is 0 Å². The highest BCUT2D eigenvalue weighted by atomic mass is 16.1. The van der Waals surface area contributed by atoms with E-state index in [1.807, 2.05) is 14.1 Å². The molecule has 1 rings (SSSR count). The van der Waals surface area contributed by atoms with Crippen molar-refractivity contribution in [3.63, 3.8) is 0 Å². The number of hydrogen-bond donors (Lipinski definition) is 3. The molecular weight excluding hydrogens is 252 g/mol. The zero-order chi connectivity index (χ0) is 15.3. The van der Waals surface area contributed by atoms with Crippen LogP contribution in [-0.4, -0.2) is 37.5 Å². The zero-order valence-electron chi connectivity index (χ0n) is 12.8. The van der Waals surface area contributed by atoms with E-state index in [9.17, 15) is 4.79 Å². The molecule has 0 aromatic heterocycles. The maximum absolute atomic E-state index is 12.3. The van der Waals surface area contributed by atoms with Crippen LogP contribution >= 0.6 is 0 Å². The SMILES string of the molecule is CC(C)CC(CN(C)C)NC(=O)c1cc(N)cc(N)c1. The quantitative estimate of drug-likeness (QED) is 0.689. The van der Waals surface area contributed by atoms with Gasteiger partial charge in [0, 0.05) is 29.5 Å². The van der Waals surface area contributed by atoms with Gasteiger partial charge in [0.15, 0.2) is 0 Å². The number of carbonyl (C=O) groups is 1. The minimum atomic E-state index is -0.128. The molecule has 0 spiro atoms. The molecule has 1 amide bonds. The van der Waals surface area contributed by atoms with Crippen LogP contribution in [0.3, 0.4) is 0 Å². The third-order valence-electron chi connectivity index (χ3n) is 2.92. The van der Waals surface area contributed by atoms with Crippen LogP contribution in [0, 0.1) is 5.92 Å². The summed E-state index contributed by atoms with van der Waals surface area (Å²) >= 11 is 0. The number of anilines is 2. The van der Waals surface area contributed by atoms with Crippen LogP contribution in [0.15, 0.2) is 18.2 Å². The van der Waals surface area contributed by atoms with Crippen LogP contribution < -0.4 is 16.8 Å². The molecule has 0 aliphatic carbocycles. The summed E-state index contributed by atoms with van der Waals surface area (Å²) in [6, 6.07) is 5.05. The van der Waals surface area contributed by atoms with Gasteiger partial charge in [-0.3, -0.25) is 4.79 Å². The summed E-state index contributed by atoms with van der Waals surface area (Å²) < 4.78 is 0. The van der Waals surface area contributed by atoms with Gasteiger partial charge in [0.25, 0.3) is 5.91 Å². The molecule has 1 aromatic carbocycles. The van der Waals surface area contributed by atoms with Crippen LogP contribution in [-0.2, 0) is 0 Å². The fraction of sp³-hybridized carbons (Fsp3) is 0.533. The van der Waals surface area contributed by atoms with Gasteiger partial charge in [-0.1, -0.05) is 13.8 Å². The maximum Gasteiger partial charge on any atom is 0.251 e. The van der Waals surface area contributed by atoms with Gasteiger partial charge < -0.3 is 21.7 Å². The topological polar surface area (TPSA) is 84.4 Å². The molecule has 1 unspecified atom stereocenters. The predicted molar refractivity (Wildman–Crippen MR) is 84.5 cm³/mol. The number of rotatable bonds is 6. The van der Waals surface area contributed by atoms with E-state index >= 15 is 0 Å². The molecule has 0 bridgehead atoms. The molecule has 0 saturated carbocycles. The Balaban J connectivity index is 2.78. The lowest BCUT2D eigenvalue weighted by Gasteiger charge is -2.24. The number of carbonyl (C=O) groups excluding carboxylic acids is 1. The number of hydrogen-bond acceptors (Lipinski definition) is 4. The maximum atomic E-state index is 12.3. The molecule has 5 heteroatoms. The number of nitrogen functional groups attached to an aromatic ring is 2. The Bertz CT molecular complexity index is 427. The molecule has 1 aromatic rings. The fourth-order valence-corrected chi connectivity index (χ4v) is 2.27. The molecule has 5 nitrogen and oxygen atoms in total. The molecule has 5 N–H and O–H groups in total. The molecule has 0 saturated heterocycles. The van der Waals surface area contributed by atoms with Crippen LogP contribution in [0.2, 0.25) is 0 Å². The zero-order valence-corrected chi connectivity index (χ0v) is 12.8. The molecular formula is C15H26N4O. The summed E-state index contributed by atoms with van der Waals surface area (Å²) in [5.74, 6) is 0.391. The first-order chi connectivity index (χ1) is 9.27. The molecule has 1 atom stereocenters. The van der Waals surface area contributed by atoms with Crippen molar-refractivity contribution in [2.75, 3.05) is 32.1 Å². The van der Waals surface area contributed by atoms with E-state index in [0.29, 0.717) is 22.9 Å². The number of likely N-dealkylation sites (N-methyl/N-ethyl adjacent to an activating group) is 1. The third kappa shape index (κ3) is 5.48. The number of nitrogens with two attached hydrogens (primary N) is 2. The highest BCUT2D eigenvalue weighted by Gasteiger charge is 2.16. The van der Waals surface area contributed by atoms with Crippen LogP contribution in [0.5, 0.6) is 0 Å². The van der Waals surface area contributed by atoms with E-state index in [1.165, 1.54) is 0 Å². The Morgan fingerprint density at radius 2 is 1.75 bits per heavy atom. The van der Waals surface area contributed by atoms with E-state index in [1.54, 1.807) is 18.2 Å². The second-order valence-electron chi connectivity index (χ2n) is 5.95. The van der Waals surface area contributed by atoms with E-state index in [-0.39, 0.29) is 11.9 Å². The predicted octanol–water partition coefficient (Wildman–Crippen LogP) is 1.56. The first kappa shape index (κ1) is 16.3. The van der Waals surface area contributed by atoms with Crippen LogP contribution in [0.1, 0.15) is 30.6 Å². The monoisotopic (exact) mass is 278 g/mol. The van der Waals surface area contributed by atoms with Crippen molar-refractivity contribution in [2.45, 2.75) is 26.3 Å². The van der Waals surface area contributed by atoms with E-state index < -0.39 is 0 Å². The van der Waals surface area contributed by atoms with Gasteiger partial charge in [-0.05, 0) is 44.6 Å². The highest BCUT2D eigenvalue weighted by molar-refractivity contribution is 5.96. The summed E-state index contributed by atoms with van der Waals surface area (Å²) in [6.07, 6.45) is 0.932. The number of nitrogens with zero attached hydrogens (tertiary/aromatic N) is 1. The van der Waals surface area contributed by atoms with Gasteiger partial charge in [-0.15, -0.1) is 0 Å². The average molecular weight is 278 g/mol. The van der Waals surface area contributed by atoms with E-state index in [4.69, 9.17) is 11.5 Å². The Hall–Kier alpha value is -1.75. The molecule has 0 aliphatic heterocycles. The second kappa shape index (κ2) is 7.14. The highest BCUT2D eigenvalue weighted by Crippen LogP contribution is 2.14. The van der Waals surface area contributed by atoms with Crippen LogP contribution in [0.25, 0.3) is 0 Å². The normalized spacial score (nSPS) is 12.7. The van der Waals surface area contributed by atoms with Crippen molar-refractivity contribution in [1.29, 1.82) is 0 Å². The van der Waals surface area contributed by atoms with Crippen molar-refractivity contribution in [2.24, 2.45) is 5.92 Å². The molecule has 20 heavy (non-hydrogen) atoms. The average Bonchev–Trinajstić information content (AvgIpc) is 2.25. The molecule has 0 heterocycles. The van der Waals surface area contributed by atoms with Crippen molar-refractivity contribution < 1.29 is 4.79 Å². The summed E-state index contributed by atoms with van der Waals surface area (Å²) in [5, 5.41) is 3.06. The van der Waals surface area contributed by atoms with E-state index in [2.05, 4.69) is 24.1 Å². The van der Waals surface area contributed by atoms with Crippen molar-refractivity contribution in [3.8, 4) is 0 Å². The number of amides is 1. The minimum Gasteiger partial charge on any atom is -0.399 e. The summed E-state index contributed by atoms with van der Waals surface area (Å²) in [7, 11) is 4.00. The third-order valence-corrected chi connectivity index (χ3v) is 2.92. The van der Waals surface area contributed by atoms with Crippen molar-refractivity contribution in [3.05, 3.63) is 23.8 Å². The van der Waals surface area contributed by atoms with Gasteiger partial charge in [0.1, 0.15) is 0 Å². The van der Waals surface area contributed by atoms with Crippen LogP contribution in [0.4, 0.5) is 11.4 Å². The first-order valence-corrected chi connectivity index (χ1v) is 6.89.